The van der Waals surface area contributed by atoms with Gasteiger partial charge in [-0.15, -0.1) is 0 Å². The first-order valence-electron chi connectivity index (χ1n) is 6.94. The Bertz CT molecular complexity index is 367. The van der Waals surface area contributed by atoms with Crippen LogP contribution >= 0.6 is 0 Å². The van der Waals surface area contributed by atoms with E-state index < -0.39 is 0 Å². The fourth-order valence-corrected chi connectivity index (χ4v) is 2.01. The Morgan fingerprint density at radius 3 is 2.22 bits per heavy atom. The van der Waals surface area contributed by atoms with Crippen molar-refractivity contribution in [2.75, 3.05) is 13.1 Å². The van der Waals surface area contributed by atoms with Gasteiger partial charge in [-0.2, -0.15) is 0 Å². The van der Waals surface area contributed by atoms with Gasteiger partial charge in [0.2, 0.25) is 0 Å². The molecule has 0 amide bonds. The van der Waals surface area contributed by atoms with Crippen LogP contribution in [0.15, 0.2) is 24.3 Å². The summed E-state index contributed by atoms with van der Waals surface area (Å²) >= 11 is 0. The second-order valence-electron chi connectivity index (χ2n) is 5.04. The third-order valence-corrected chi connectivity index (χ3v) is 3.27. The zero-order valence-electron chi connectivity index (χ0n) is 12.1. The maximum absolute atomic E-state index is 12.2. The highest BCUT2D eigenvalue weighted by molar-refractivity contribution is 5.97. The fourth-order valence-electron chi connectivity index (χ4n) is 2.01. The van der Waals surface area contributed by atoms with E-state index in [0.717, 1.165) is 24.9 Å². The number of hydrogen-bond donors (Lipinski definition) is 0. The lowest BCUT2D eigenvalue weighted by molar-refractivity contribution is 0.0906. The molecule has 0 aromatic heterocycles. The molecule has 0 atom stereocenters. The highest BCUT2D eigenvalue weighted by atomic mass is 16.1. The lowest BCUT2D eigenvalue weighted by Crippen LogP contribution is -2.36. The molecule has 0 bridgehead atoms. The molecule has 0 aliphatic carbocycles. The molecule has 0 saturated carbocycles. The van der Waals surface area contributed by atoms with Gasteiger partial charge in [-0.3, -0.25) is 9.69 Å². The number of rotatable bonds is 7. The Labute approximate surface area is 111 Å². The number of nitrogens with zero attached hydrogens (tertiary/aromatic N) is 1. The van der Waals surface area contributed by atoms with Gasteiger partial charge < -0.3 is 0 Å². The standard InChI is InChI=1S/C16H25NO/c1-5-11-17(13(3)4)12-16(18)15-9-7-14(6-2)8-10-15/h7-10,13H,5-6,11-12H2,1-4H3. The van der Waals surface area contributed by atoms with Crippen molar-refractivity contribution in [3.8, 4) is 0 Å². The highest BCUT2D eigenvalue weighted by Crippen LogP contribution is 2.08. The number of ketones is 1. The third kappa shape index (κ3) is 4.26. The van der Waals surface area contributed by atoms with Gasteiger partial charge in [0, 0.05) is 11.6 Å². The largest absolute Gasteiger partial charge is 0.293 e. The summed E-state index contributed by atoms with van der Waals surface area (Å²) in [5.74, 6) is 0.222. The molecule has 1 aromatic carbocycles. The highest BCUT2D eigenvalue weighted by Gasteiger charge is 2.14. The zero-order valence-corrected chi connectivity index (χ0v) is 12.1. The maximum Gasteiger partial charge on any atom is 0.176 e. The minimum atomic E-state index is 0.222. The van der Waals surface area contributed by atoms with E-state index in [-0.39, 0.29) is 5.78 Å². The predicted octanol–water partition coefficient (Wildman–Crippen LogP) is 3.55. The number of Topliss-reactive ketones (excluding diaryl/α,β-unsaturated/α-hetero) is 1. The second-order valence-corrected chi connectivity index (χ2v) is 5.04. The van der Waals surface area contributed by atoms with E-state index in [9.17, 15) is 4.79 Å². The van der Waals surface area contributed by atoms with Crippen LogP contribution in [-0.2, 0) is 6.42 Å². The van der Waals surface area contributed by atoms with E-state index in [2.05, 4.69) is 32.6 Å². The normalized spacial score (nSPS) is 11.2. The summed E-state index contributed by atoms with van der Waals surface area (Å²) in [4.78, 5) is 14.4. The number of benzene rings is 1. The van der Waals surface area contributed by atoms with Gasteiger partial charge in [-0.25, -0.2) is 0 Å². The summed E-state index contributed by atoms with van der Waals surface area (Å²) in [5, 5.41) is 0. The fraction of sp³-hybridized carbons (Fsp3) is 0.562. The van der Waals surface area contributed by atoms with Crippen LogP contribution < -0.4 is 0 Å². The van der Waals surface area contributed by atoms with Crippen LogP contribution in [0.25, 0.3) is 0 Å². The van der Waals surface area contributed by atoms with Crippen molar-refractivity contribution in [1.82, 2.24) is 4.90 Å². The monoisotopic (exact) mass is 247 g/mol. The van der Waals surface area contributed by atoms with Crippen molar-refractivity contribution in [2.45, 2.75) is 46.6 Å². The summed E-state index contributed by atoms with van der Waals surface area (Å²) < 4.78 is 0. The smallest absolute Gasteiger partial charge is 0.176 e. The molecule has 0 radical (unpaired) electrons. The first kappa shape index (κ1) is 14.9. The molecule has 0 aliphatic rings. The minimum absolute atomic E-state index is 0.222. The van der Waals surface area contributed by atoms with E-state index in [1.807, 2.05) is 24.3 Å². The molecule has 18 heavy (non-hydrogen) atoms. The molecule has 0 spiro atoms. The third-order valence-electron chi connectivity index (χ3n) is 3.27. The number of carbonyl (C=O) groups is 1. The Morgan fingerprint density at radius 1 is 1.17 bits per heavy atom. The van der Waals surface area contributed by atoms with Crippen LogP contribution in [-0.4, -0.2) is 29.8 Å². The SMILES string of the molecule is CCCN(CC(=O)c1ccc(CC)cc1)C(C)C. The summed E-state index contributed by atoms with van der Waals surface area (Å²) in [5.41, 5.74) is 2.11. The molecule has 0 aliphatic heterocycles. The Morgan fingerprint density at radius 2 is 1.78 bits per heavy atom. The number of hydrogen-bond acceptors (Lipinski definition) is 2. The van der Waals surface area contributed by atoms with Crippen molar-refractivity contribution in [1.29, 1.82) is 0 Å². The van der Waals surface area contributed by atoms with Crippen LogP contribution in [0.1, 0.15) is 50.0 Å². The summed E-state index contributed by atoms with van der Waals surface area (Å²) in [7, 11) is 0. The molecule has 0 heterocycles. The molecule has 100 valence electrons. The molecular weight excluding hydrogens is 222 g/mol. The van der Waals surface area contributed by atoms with Crippen molar-refractivity contribution in [2.24, 2.45) is 0 Å². The Balaban J connectivity index is 2.67. The Kier molecular flexibility index (Phi) is 6.06. The van der Waals surface area contributed by atoms with Gasteiger partial charge in [0.25, 0.3) is 0 Å². The second kappa shape index (κ2) is 7.32. The van der Waals surface area contributed by atoms with Crippen molar-refractivity contribution in [3.63, 3.8) is 0 Å². The number of aryl methyl sites for hydroxylation is 1. The van der Waals surface area contributed by atoms with Gasteiger partial charge >= 0.3 is 0 Å². The lowest BCUT2D eigenvalue weighted by Gasteiger charge is -2.25. The molecule has 0 N–H and O–H groups in total. The lowest BCUT2D eigenvalue weighted by atomic mass is 10.1. The topological polar surface area (TPSA) is 20.3 Å². The zero-order chi connectivity index (χ0) is 13.5. The van der Waals surface area contributed by atoms with E-state index in [4.69, 9.17) is 0 Å². The quantitative estimate of drug-likeness (QED) is 0.687. The van der Waals surface area contributed by atoms with Crippen molar-refractivity contribution < 1.29 is 4.79 Å². The van der Waals surface area contributed by atoms with Gasteiger partial charge in [0.15, 0.2) is 5.78 Å². The minimum Gasteiger partial charge on any atom is -0.293 e. The molecule has 2 heteroatoms. The summed E-state index contributed by atoms with van der Waals surface area (Å²) in [6, 6.07) is 8.42. The predicted molar refractivity (Wildman–Crippen MR) is 77.2 cm³/mol. The van der Waals surface area contributed by atoms with E-state index in [1.54, 1.807) is 0 Å². The van der Waals surface area contributed by atoms with Crippen LogP contribution in [0.3, 0.4) is 0 Å². The van der Waals surface area contributed by atoms with Crippen LogP contribution in [0, 0.1) is 0 Å². The van der Waals surface area contributed by atoms with Crippen molar-refractivity contribution >= 4 is 5.78 Å². The van der Waals surface area contributed by atoms with Gasteiger partial charge in [0.05, 0.1) is 6.54 Å². The van der Waals surface area contributed by atoms with E-state index in [1.165, 1.54) is 5.56 Å². The molecule has 0 fully saturated rings. The van der Waals surface area contributed by atoms with Crippen molar-refractivity contribution in [3.05, 3.63) is 35.4 Å². The van der Waals surface area contributed by atoms with Crippen LogP contribution in [0.2, 0.25) is 0 Å². The van der Waals surface area contributed by atoms with E-state index in [0.29, 0.717) is 12.6 Å². The first-order chi connectivity index (χ1) is 8.58. The molecule has 2 nitrogen and oxygen atoms in total. The van der Waals surface area contributed by atoms with Gasteiger partial charge in [-0.05, 0) is 38.8 Å². The van der Waals surface area contributed by atoms with Crippen LogP contribution in [0.4, 0.5) is 0 Å². The Hall–Kier alpha value is -1.15. The molecule has 1 rings (SSSR count). The number of carbonyl (C=O) groups excluding carboxylic acids is 1. The average Bonchev–Trinajstić information content (AvgIpc) is 2.38. The summed E-state index contributed by atoms with van der Waals surface area (Å²) in [6.07, 6.45) is 2.10. The average molecular weight is 247 g/mol. The molecule has 0 unspecified atom stereocenters. The molecule has 1 aromatic rings. The van der Waals surface area contributed by atoms with Crippen LogP contribution in [0.5, 0.6) is 0 Å². The summed E-state index contributed by atoms with van der Waals surface area (Å²) in [6.45, 7) is 10.1. The maximum atomic E-state index is 12.2. The van der Waals surface area contributed by atoms with Gasteiger partial charge in [0.1, 0.15) is 0 Å². The van der Waals surface area contributed by atoms with Gasteiger partial charge in [-0.1, -0.05) is 38.1 Å². The first-order valence-corrected chi connectivity index (χ1v) is 6.94. The molecule has 0 saturated heterocycles. The molecular formula is C16H25NO. The van der Waals surface area contributed by atoms with E-state index >= 15 is 0 Å².